The molecule has 1 N–H and O–H groups in total. The van der Waals surface area contributed by atoms with Gasteiger partial charge in [0.15, 0.2) is 11.5 Å². The lowest BCUT2D eigenvalue weighted by Gasteiger charge is -2.04. The first kappa shape index (κ1) is 17.8. The van der Waals surface area contributed by atoms with Gasteiger partial charge in [0.1, 0.15) is 5.01 Å². The summed E-state index contributed by atoms with van der Waals surface area (Å²) in [6.45, 7) is 0.684. The summed E-state index contributed by atoms with van der Waals surface area (Å²) < 4.78 is 10.7. The molecule has 2 aromatic carbocycles. The Morgan fingerprint density at radius 1 is 1.15 bits per heavy atom. The second kappa shape index (κ2) is 7.98. The zero-order valence-electron chi connectivity index (χ0n) is 14.4. The molecular formula is C20H17ClN2O3S. The van der Waals surface area contributed by atoms with Crippen LogP contribution in [0.3, 0.4) is 0 Å². The minimum Gasteiger partial charge on any atom is -0.454 e. The van der Waals surface area contributed by atoms with Gasteiger partial charge in [0.25, 0.3) is 0 Å². The maximum absolute atomic E-state index is 12.1. The van der Waals surface area contributed by atoms with E-state index in [1.165, 1.54) is 11.3 Å². The molecular weight excluding hydrogens is 384 g/mol. The summed E-state index contributed by atoms with van der Waals surface area (Å²) in [6, 6.07) is 13.3. The average Bonchev–Trinajstić information content (AvgIpc) is 3.34. The molecule has 0 radical (unpaired) electrons. The van der Waals surface area contributed by atoms with E-state index in [1.807, 2.05) is 47.8 Å². The van der Waals surface area contributed by atoms with Crippen LogP contribution in [0.25, 0.3) is 11.3 Å². The van der Waals surface area contributed by atoms with Crippen molar-refractivity contribution in [2.24, 2.45) is 0 Å². The van der Waals surface area contributed by atoms with Crippen LogP contribution in [0.4, 0.5) is 0 Å². The lowest BCUT2D eigenvalue weighted by Crippen LogP contribution is -2.22. The van der Waals surface area contributed by atoms with Crippen LogP contribution in [0.1, 0.15) is 17.0 Å². The van der Waals surface area contributed by atoms with Gasteiger partial charge in [-0.25, -0.2) is 4.98 Å². The van der Waals surface area contributed by atoms with Crippen molar-refractivity contribution in [2.45, 2.75) is 19.4 Å². The van der Waals surface area contributed by atoms with Gasteiger partial charge in [0, 0.05) is 22.4 Å². The molecule has 27 heavy (non-hydrogen) atoms. The molecule has 1 aliphatic heterocycles. The number of aryl methyl sites for hydroxylation is 1. The number of hydrogen-bond acceptors (Lipinski definition) is 5. The molecule has 1 aromatic heterocycles. The van der Waals surface area contributed by atoms with E-state index in [-0.39, 0.29) is 12.7 Å². The normalized spacial score (nSPS) is 12.2. The Balaban J connectivity index is 1.27. The average molecular weight is 401 g/mol. The molecule has 1 aliphatic rings. The minimum absolute atomic E-state index is 0.00379. The Labute approximate surface area is 165 Å². The van der Waals surface area contributed by atoms with Gasteiger partial charge in [-0.15, -0.1) is 11.3 Å². The molecule has 0 atom stereocenters. The summed E-state index contributed by atoms with van der Waals surface area (Å²) in [5, 5.41) is 6.48. The molecule has 0 aliphatic carbocycles. The summed E-state index contributed by atoms with van der Waals surface area (Å²) in [4.78, 5) is 16.7. The summed E-state index contributed by atoms with van der Waals surface area (Å²) in [6.07, 6.45) is 1.06. The van der Waals surface area contributed by atoms with Crippen LogP contribution >= 0.6 is 22.9 Å². The summed E-state index contributed by atoms with van der Waals surface area (Å²) in [5.41, 5.74) is 2.95. The quantitative estimate of drug-likeness (QED) is 0.664. The Kier molecular flexibility index (Phi) is 5.27. The first-order valence-corrected chi connectivity index (χ1v) is 9.79. The highest BCUT2D eigenvalue weighted by Crippen LogP contribution is 2.32. The highest BCUT2D eigenvalue weighted by atomic mass is 35.5. The number of aromatic nitrogens is 1. The number of halogens is 1. The largest absolute Gasteiger partial charge is 0.454 e. The first-order chi connectivity index (χ1) is 13.2. The van der Waals surface area contributed by atoms with Gasteiger partial charge in [-0.3, -0.25) is 4.79 Å². The standard InChI is InChI=1S/C20H17ClN2O3S/c21-15-5-3-14(4-6-15)16-11-27-20(23-16)10-22-19(24)8-2-13-1-7-17-18(9-13)26-12-25-17/h1,3-7,9,11H,2,8,10,12H2,(H,22,24). The van der Waals surface area contributed by atoms with Crippen molar-refractivity contribution in [1.29, 1.82) is 0 Å². The van der Waals surface area contributed by atoms with Crippen LogP contribution in [-0.2, 0) is 17.8 Å². The van der Waals surface area contributed by atoms with E-state index < -0.39 is 0 Å². The first-order valence-electron chi connectivity index (χ1n) is 8.53. The van der Waals surface area contributed by atoms with Gasteiger partial charge in [-0.1, -0.05) is 29.8 Å². The fraction of sp³-hybridized carbons (Fsp3) is 0.200. The van der Waals surface area contributed by atoms with Gasteiger partial charge in [-0.2, -0.15) is 0 Å². The van der Waals surface area contributed by atoms with Crippen molar-refractivity contribution < 1.29 is 14.3 Å². The van der Waals surface area contributed by atoms with E-state index >= 15 is 0 Å². The monoisotopic (exact) mass is 400 g/mol. The molecule has 0 spiro atoms. The molecule has 3 aromatic rings. The van der Waals surface area contributed by atoms with Crippen molar-refractivity contribution in [2.75, 3.05) is 6.79 Å². The molecule has 138 valence electrons. The topological polar surface area (TPSA) is 60.5 Å². The molecule has 7 heteroatoms. The molecule has 5 nitrogen and oxygen atoms in total. The molecule has 1 amide bonds. The van der Waals surface area contributed by atoms with E-state index in [4.69, 9.17) is 21.1 Å². The van der Waals surface area contributed by atoms with E-state index in [9.17, 15) is 4.79 Å². The SMILES string of the molecule is O=C(CCc1ccc2c(c1)OCO2)NCc1nc(-c2ccc(Cl)cc2)cs1. The molecule has 0 fully saturated rings. The van der Waals surface area contributed by atoms with E-state index in [1.54, 1.807) is 0 Å². The van der Waals surface area contributed by atoms with Crippen LogP contribution in [0.5, 0.6) is 11.5 Å². The van der Waals surface area contributed by atoms with Crippen LogP contribution in [0.2, 0.25) is 5.02 Å². The van der Waals surface area contributed by atoms with E-state index in [2.05, 4.69) is 10.3 Å². The number of nitrogens with one attached hydrogen (secondary N) is 1. The molecule has 4 rings (SSSR count). The number of carbonyl (C=O) groups is 1. The Hall–Kier alpha value is -2.57. The summed E-state index contributed by atoms with van der Waals surface area (Å²) in [5.74, 6) is 1.49. The predicted octanol–water partition coefficient (Wildman–Crippen LogP) is 4.44. The van der Waals surface area contributed by atoms with Gasteiger partial charge < -0.3 is 14.8 Å². The zero-order chi connectivity index (χ0) is 18.6. The lowest BCUT2D eigenvalue weighted by molar-refractivity contribution is -0.121. The zero-order valence-corrected chi connectivity index (χ0v) is 16.0. The third kappa shape index (κ3) is 4.40. The number of benzene rings is 2. The Morgan fingerprint density at radius 3 is 2.81 bits per heavy atom. The molecule has 0 bridgehead atoms. The third-order valence-electron chi connectivity index (χ3n) is 4.21. The fourth-order valence-corrected chi connectivity index (χ4v) is 3.63. The van der Waals surface area contributed by atoms with E-state index in [0.29, 0.717) is 24.4 Å². The van der Waals surface area contributed by atoms with E-state index in [0.717, 1.165) is 33.3 Å². The predicted molar refractivity (Wildman–Crippen MR) is 105 cm³/mol. The van der Waals surface area contributed by atoms with Crippen LogP contribution in [-0.4, -0.2) is 17.7 Å². The number of carbonyl (C=O) groups excluding carboxylic acids is 1. The van der Waals surface area contributed by atoms with Crippen molar-refractivity contribution >= 4 is 28.8 Å². The maximum Gasteiger partial charge on any atom is 0.231 e. The second-order valence-electron chi connectivity index (χ2n) is 6.10. The second-order valence-corrected chi connectivity index (χ2v) is 7.48. The highest BCUT2D eigenvalue weighted by molar-refractivity contribution is 7.09. The Morgan fingerprint density at radius 2 is 1.96 bits per heavy atom. The van der Waals surface area contributed by atoms with Crippen molar-refractivity contribution in [3.05, 3.63) is 63.4 Å². The number of fused-ring (bicyclic) bond motifs is 1. The van der Waals surface area contributed by atoms with Gasteiger partial charge in [0.2, 0.25) is 12.7 Å². The van der Waals surface area contributed by atoms with Crippen molar-refractivity contribution in [3.63, 3.8) is 0 Å². The maximum atomic E-state index is 12.1. The fourth-order valence-electron chi connectivity index (χ4n) is 2.76. The van der Waals surface area contributed by atoms with Gasteiger partial charge in [-0.05, 0) is 36.2 Å². The smallest absolute Gasteiger partial charge is 0.231 e. The van der Waals surface area contributed by atoms with Crippen LogP contribution < -0.4 is 14.8 Å². The number of thiazole rings is 1. The van der Waals surface area contributed by atoms with Crippen LogP contribution in [0, 0.1) is 0 Å². The number of nitrogens with zero attached hydrogens (tertiary/aromatic N) is 1. The molecule has 0 unspecified atom stereocenters. The van der Waals surface area contributed by atoms with Gasteiger partial charge in [0.05, 0.1) is 12.2 Å². The number of hydrogen-bond donors (Lipinski definition) is 1. The van der Waals surface area contributed by atoms with Crippen molar-refractivity contribution in [3.8, 4) is 22.8 Å². The van der Waals surface area contributed by atoms with Gasteiger partial charge >= 0.3 is 0 Å². The molecule has 0 saturated carbocycles. The summed E-state index contributed by atoms with van der Waals surface area (Å²) in [7, 11) is 0. The minimum atomic E-state index is -0.00379. The Bertz CT molecular complexity index is 956. The molecule has 0 saturated heterocycles. The highest BCUT2D eigenvalue weighted by Gasteiger charge is 2.13. The van der Waals surface area contributed by atoms with Crippen LogP contribution in [0.15, 0.2) is 47.8 Å². The number of rotatable bonds is 6. The van der Waals surface area contributed by atoms with Crippen molar-refractivity contribution in [1.82, 2.24) is 10.3 Å². The lowest BCUT2D eigenvalue weighted by atomic mass is 10.1. The number of ether oxygens (including phenoxy) is 2. The third-order valence-corrected chi connectivity index (χ3v) is 5.31. The molecule has 2 heterocycles. The summed E-state index contributed by atoms with van der Waals surface area (Å²) >= 11 is 7.44. The number of amides is 1.